The average Bonchev–Trinajstić information content (AvgIpc) is 1.81. The van der Waals surface area contributed by atoms with Gasteiger partial charge in [0.2, 0.25) is 0 Å². The Balaban J connectivity index is 3.46. The molecule has 0 spiro atoms. The van der Waals surface area contributed by atoms with Crippen LogP contribution in [-0.2, 0) is 9.09 Å². The van der Waals surface area contributed by atoms with Crippen molar-refractivity contribution in [2.75, 3.05) is 13.3 Å². The summed E-state index contributed by atoms with van der Waals surface area (Å²) in [5.74, 6) is 0. The normalized spacial score (nSPS) is 12.5. The van der Waals surface area contributed by atoms with E-state index in [-0.39, 0.29) is 11.7 Å². The number of halogens is 1. The molecule has 62 valence electrons. The van der Waals surface area contributed by atoms with Crippen molar-refractivity contribution in [3.8, 4) is 0 Å². The van der Waals surface area contributed by atoms with Crippen LogP contribution in [-0.4, -0.2) is 28.2 Å². The molecule has 0 amide bonds. The highest BCUT2D eigenvalue weighted by atomic mass is 31.2. The summed E-state index contributed by atoms with van der Waals surface area (Å²) < 4.78 is 25.8. The third-order valence-electron chi connectivity index (χ3n) is 0.709. The van der Waals surface area contributed by atoms with E-state index in [0.29, 0.717) is 0 Å². The first kappa shape index (κ1) is 10.0. The van der Waals surface area contributed by atoms with Crippen LogP contribution in [0.15, 0.2) is 0 Å². The number of hydrogen-bond donors (Lipinski definition) is 2. The molecule has 7 heteroatoms. The molecule has 0 aromatic rings. The van der Waals surface area contributed by atoms with Gasteiger partial charge in [-0.3, -0.25) is 4.52 Å². The van der Waals surface area contributed by atoms with E-state index in [2.05, 4.69) is 4.52 Å². The molecule has 0 unspecified atom stereocenters. The molecule has 0 aliphatic rings. The van der Waals surface area contributed by atoms with Crippen LogP contribution >= 0.6 is 7.82 Å². The van der Waals surface area contributed by atoms with Crippen molar-refractivity contribution in [2.24, 2.45) is 0 Å². The van der Waals surface area contributed by atoms with Gasteiger partial charge >= 0.3 is 7.82 Å². The molecule has 0 atom stereocenters. The average molecular weight is 173 g/mol. The summed E-state index contributed by atoms with van der Waals surface area (Å²) in [5, 5.41) is 0.138. The molecule has 0 rings (SSSR count). The zero-order chi connectivity index (χ0) is 8.20. The molecule has 0 aliphatic heterocycles. The second kappa shape index (κ2) is 4.00. The molecule has 0 saturated heterocycles. The molecule has 0 aliphatic carbocycles. The summed E-state index contributed by atoms with van der Waals surface area (Å²) in [4.78, 5) is 16.1. The van der Waals surface area contributed by atoms with E-state index >= 15 is 0 Å². The first-order chi connectivity index (χ1) is 4.45. The van der Waals surface area contributed by atoms with Crippen molar-refractivity contribution in [3.05, 3.63) is 0 Å². The molecular formula is C3H9FNO4P. The quantitative estimate of drug-likeness (QED) is 0.362. The predicted molar refractivity (Wildman–Crippen MR) is 31.5 cm³/mol. The minimum atomic E-state index is -4.51. The van der Waals surface area contributed by atoms with Crippen LogP contribution in [0.25, 0.3) is 0 Å². The highest BCUT2D eigenvalue weighted by molar-refractivity contribution is 7.46. The summed E-state index contributed by atoms with van der Waals surface area (Å²) in [7, 11) is -4.51. The third-order valence-corrected chi connectivity index (χ3v) is 1.16. The molecule has 0 aromatic heterocycles. The van der Waals surface area contributed by atoms with E-state index in [9.17, 15) is 9.05 Å². The molecule has 0 heterocycles. The van der Waals surface area contributed by atoms with Gasteiger partial charge in [0, 0.05) is 6.54 Å². The van der Waals surface area contributed by atoms with Crippen molar-refractivity contribution in [1.82, 2.24) is 5.12 Å². The number of hydrogen-bond acceptors (Lipinski definition) is 3. The van der Waals surface area contributed by atoms with Crippen molar-refractivity contribution in [2.45, 2.75) is 6.92 Å². The van der Waals surface area contributed by atoms with Crippen LogP contribution in [0.5, 0.6) is 0 Å². The van der Waals surface area contributed by atoms with Gasteiger partial charge in [0.05, 0.1) is 0 Å². The lowest BCUT2D eigenvalue weighted by Crippen LogP contribution is -2.15. The summed E-state index contributed by atoms with van der Waals surface area (Å²) in [5.41, 5.74) is 0. The van der Waals surface area contributed by atoms with Crippen molar-refractivity contribution < 1.29 is 23.4 Å². The molecule has 0 radical (unpaired) electrons. The van der Waals surface area contributed by atoms with E-state index < -0.39 is 14.6 Å². The summed E-state index contributed by atoms with van der Waals surface area (Å²) in [6, 6.07) is 0. The van der Waals surface area contributed by atoms with Crippen molar-refractivity contribution in [3.63, 3.8) is 0 Å². The van der Waals surface area contributed by atoms with Crippen LogP contribution in [0.3, 0.4) is 0 Å². The Kier molecular flexibility index (Phi) is 4.00. The summed E-state index contributed by atoms with van der Waals surface area (Å²) in [6.07, 6.45) is 0. The van der Waals surface area contributed by atoms with Gasteiger partial charge in [-0.2, -0.15) is 0 Å². The van der Waals surface area contributed by atoms with Crippen molar-refractivity contribution >= 4 is 7.82 Å². The maximum absolute atomic E-state index is 12.0. The Morgan fingerprint density at radius 1 is 1.70 bits per heavy atom. The van der Waals surface area contributed by atoms with E-state index in [4.69, 9.17) is 9.79 Å². The lowest BCUT2D eigenvalue weighted by molar-refractivity contribution is -0.0447. The fourth-order valence-corrected chi connectivity index (χ4v) is 0.505. The monoisotopic (exact) mass is 173 g/mol. The van der Waals surface area contributed by atoms with Gasteiger partial charge in [0.15, 0.2) is 0 Å². The van der Waals surface area contributed by atoms with Crippen LogP contribution < -0.4 is 0 Å². The number of rotatable bonds is 4. The lowest BCUT2D eigenvalue weighted by atomic mass is 10.8. The van der Waals surface area contributed by atoms with Gasteiger partial charge in [-0.15, -0.1) is 9.60 Å². The van der Waals surface area contributed by atoms with Gasteiger partial charge in [-0.1, -0.05) is 0 Å². The molecule has 10 heavy (non-hydrogen) atoms. The maximum atomic E-state index is 12.0. The second-order valence-corrected chi connectivity index (χ2v) is 2.77. The van der Waals surface area contributed by atoms with Gasteiger partial charge < -0.3 is 9.79 Å². The molecule has 2 N–H and O–H groups in total. The molecule has 0 fully saturated rings. The summed E-state index contributed by atoms with van der Waals surface area (Å²) >= 11 is 0. The molecule has 0 bridgehead atoms. The highest BCUT2D eigenvalue weighted by Crippen LogP contribution is 2.35. The van der Waals surface area contributed by atoms with E-state index in [1.54, 1.807) is 0 Å². The van der Waals surface area contributed by atoms with Gasteiger partial charge in [0.1, 0.15) is 6.73 Å². The fourth-order valence-electron chi connectivity index (χ4n) is 0.229. The first-order valence-corrected chi connectivity index (χ1v) is 4.09. The Labute approximate surface area is 57.6 Å². The highest BCUT2D eigenvalue weighted by Gasteiger charge is 2.15. The number of nitrogens with zero attached hydrogens (tertiary/aromatic N) is 1. The van der Waals surface area contributed by atoms with E-state index in [1.165, 1.54) is 6.92 Å². The van der Waals surface area contributed by atoms with Crippen LogP contribution in [0, 0.1) is 0 Å². The van der Waals surface area contributed by atoms with Crippen molar-refractivity contribution in [1.29, 1.82) is 0 Å². The van der Waals surface area contributed by atoms with E-state index in [1.807, 2.05) is 0 Å². The third kappa shape index (κ3) is 6.12. The maximum Gasteiger partial charge on any atom is 0.470 e. The molecule has 0 aromatic carbocycles. The minimum absolute atomic E-state index is 0.0278. The Morgan fingerprint density at radius 3 is 2.50 bits per heavy atom. The first-order valence-electron chi connectivity index (χ1n) is 2.56. The Hall–Kier alpha value is -0.0000000000000000416. The zero-order valence-electron chi connectivity index (χ0n) is 5.40. The SMILES string of the molecule is CCN(F)COP(=O)(O)O. The Bertz CT molecular complexity index is 136. The summed E-state index contributed by atoms with van der Waals surface area (Å²) in [6.45, 7) is 0.809. The van der Waals surface area contributed by atoms with Crippen LogP contribution in [0.2, 0.25) is 0 Å². The van der Waals surface area contributed by atoms with Crippen LogP contribution in [0.1, 0.15) is 6.92 Å². The van der Waals surface area contributed by atoms with Gasteiger partial charge in [-0.25, -0.2) is 4.57 Å². The fraction of sp³-hybridized carbons (Fsp3) is 1.00. The number of phosphoric ester groups is 1. The topological polar surface area (TPSA) is 70.0 Å². The largest absolute Gasteiger partial charge is 0.470 e. The molecule has 0 saturated carbocycles. The Morgan fingerprint density at radius 2 is 2.20 bits per heavy atom. The molecular weight excluding hydrogens is 164 g/mol. The second-order valence-electron chi connectivity index (χ2n) is 1.53. The lowest BCUT2D eigenvalue weighted by Gasteiger charge is -2.09. The smallest absolute Gasteiger partial charge is 0.303 e. The van der Waals surface area contributed by atoms with Gasteiger partial charge in [0.25, 0.3) is 0 Å². The standard InChI is InChI=1S/C3H9FNO4P/c1-2-5(4)3-9-10(6,7)8/h2-3H2,1H3,(H2,6,7,8). The predicted octanol–water partition coefficient (Wildman–Crippen LogP) is 0.260. The van der Waals surface area contributed by atoms with E-state index in [0.717, 1.165) is 0 Å². The van der Waals surface area contributed by atoms with Gasteiger partial charge in [-0.05, 0) is 6.92 Å². The number of phosphoric acid groups is 1. The van der Waals surface area contributed by atoms with Crippen LogP contribution in [0.4, 0.5) is 4.48 Å². The minimum Gasteiger partial charge on any atom is -0.303 e. The molecule has 5 nitrogen and oxygen atoms in total. The zero-order valence-corrected chi connectivity index (χ0v) is 6.29.